The predicted molar refractivity (Wildman–Crippen MR) is 76.0 cm³/mol. The molecule has 0 spiro atoms. The van der Waals surface area contributed by atoms with Crippen molar-refractivity contribution < 1.29 is 0 Å². The van der Waals surface area contributed by atoms with E-state index in [2.05, 4.69) is 9.97 Å². The van der Waals surface area contributed by atoms with Crippen molar-refractivity contribution in [3.63, 3.8) is 0 Å². The molecule has 0 atom stereocenters. The van der Waals surface area contributed by atoms with Gasteiger partial charge >= 0.3 is 0 Å². The maximum Gasteiger partial charge on any atom is 0.163 e. The summed E-state index contributed by atoms with van der Waals surface area (Å²) in [5, 5.41) is 1.14. The summed E-state index contributed by atoms with van der Waals surface area (Å²) in [6.07, 6.45) is 0. The Labute approximate surface area is 116 Å². The van der Waals surface area contributed by atoms with Gasteiger partial charge in [0.15, 0.2) is 5.82 Å². The van der Waals surface area contributed by atoms with Crippen molar-refractivity contribution in [1.29, 1.82) is 0 Å². The largest absolute Gasteiger partial charge is 0.384 e. The van der Waals surface area contributed by atoms with Crippen LogP contribution in [0.3, 0.4) is 0 Å². The number of nitrogen functional groups attached to an aromatic ring is 1. The molecule has 0 aliphatic heterocycles. The van der Waals surface area contributed by atoms with Gasteiger partial charge in [0, 0.05) is 22.3 Å². The fourth-order valence-electron chi connectivity index (χ4n) is 1.57. The number of nitrogens with zero attached hydrogens (tertiary/aromatic N) is 2. The molecule has 1 aromatic heterocycles. The van der Waals surface area contributed by atoms with Crippen LogP contribution in [0.15, 0.2) is 24.3 Å². The molecule has 94 valence electrons. The minimum atomic E-state index is 0.270. The van der Waals surface area contributed by atoms with Crippen LogP contribution < -0.4 is 5.73 Å². The second kappa shape index (κ2) is 5.12. The van der Waals surface area contributed by atoms with E-state index in [0.29, 0.717) is 27.3 Å². The molecule has 0 aliphatic carbocycles. The Balaban J connectivity index is 2.60. The van der Waals surface area contributed by atoms with Crippen molar-refractivity contribution in [2.75, 3.05) is 5.73 Å². The van der Waals surface area contributed by atoms with E-state index in [1.54, 1.807) is 24.3 Å². The summed E-state index contributed by atoms with van der Waals surface area (Å²) in [6, 6.07) is 6.96. The molecule has 1 aromatic carbocycles. The number of aromatic nitrogens is 2. The minimum absolute atomic E-state index is 0.270. The molecule has 2 N–H and O–H groups in total. The summed E-state index contributed by atoms with van der Waals surface area (Å²) >= 11 is 12.1. The number of benzene rings is 1. The van der Waals surface area contributed by atoms with Crippen LogP contribution in [-0.2, 0) is 0 Å². The Hall–Kier alpha value is -1.32. The van der Waals surface area contributed by atoms with E-state index in [9.17, 15) is 0 Å². The van der Waals surface area contributed by atoms with E-state index in [1.165, 1.54) is 0 Å². The highest BCUT2D eigenvalue weighted by molar-refractivity contribution is 6.35. The molecule has 0 amide bonds. The van der Waals surface area contributed by atoms with E-state index in [-0.39, 0.29) is 5.92 Å². The summed E-state index contributed by atoms with van der Waals surface area (Å²) in [6.45, 7) is 4.09. The first-order valence-electron chi connectivity index (χ1n) is 5.57. The van der Waals surface area contributed by atoms with E-state index < -0.39 is 0 Å². The zero-order valence-electron chi connectivity index (χ0n) is 10.1. The number of nitrogens with two attached hydrogens (primary N) is 1. The van der Waals surface area contributed by atoms with Crippen molar-refractivity contribution in [2.45, 2.75) is 19.8 Å². The van der Waals surface area contributed by atoms with Gasteiger partial charge in [0.1, 0.15) is 5.82 Å². The Bertz CT molecular complexity index is 582. The molecule has 0 saturated carbocycles. The van der Waals surface area contributed by atoms with Crippen LogP contribution in [0.5, 0.6) is 0 Å². The summed E-state index contributed by atoms with van der Waals surface area (Å²) in [4.78, 5) is 8.68. The zero-order chi connectivity index (χ0) is 13.3. The van der Waals surface area contributed by atoms with E-state index in [0.717, 1.165) is 5.69 Å². The van der Waals surface area contributed by atoms with Gasteiger partial charge in [-0.3, -0.25) is 0 Å². The van der Waals surface area contributed by atoms with Gasteiger partial charge in [0.2, 0.25) is 0 Å². The van der Waals surface area contributed by atoms with Crippen LogP contribution in [0.1, 0.15) is 25.5 Å². The van der Waals surface area contributed by atoms with Gasteiger partial charge in [-0.15, -0.1) is 0 Å². The first kappa shape index (κ1) is 13.1. The lowest BCUT2D eigenvalue weighted by molar-refractivity contribution is 0.818. The highest BCUT2D eigenvalue weighted by Gasteiger charge is 2.11. The average molecular weight is 282 g/mol. The topological polar surface area (TPSA) is 51.8 Å². The minimum Gasteiger partial charge on any atom is -0.384 e. The van der Waals surface area contributed by atoms with Gasteiger partial charge in [-0.05, 0) is 24.1 Å². The Morgan fingerprint density at radius 3 is 2.50 bits per heavy atom. The molecule has 18 heavy (non-hydrogen) atoms. The van der Waals surface area contributed by atoms with Crippen molar-refractivity contribution in [3.8, 4) is 11.4 Å². The van der Waals surface area contributed by atoms with Gasteiger partial charge in [0.25, 0.3) is 0 Å². The lowest BCUT2D eigenvalue weighted by Crippen LogP contribution is -2.02. The highest BCUT2D eigenvalue weighted by atomic mass is 35.5. The predicted octanol–water partition coefficient (Wildman–Crippen LogP) is 4.16. The van der Waals surface area contributed by atoms with Crippen LogP contribution in [0, 0.1) is 0 Å². The maximum absolute atomic E-state index is 6.14. The van der Waals surface area contributed by atoms with Crippen molar-refractivity contribution in [3.05, 3.63) is 40.0 Å². The molecular weight excluding hydrogens is 269 g/mol. The highest BCUT2D eigenvalue weighted by Crippen LogP contribution is 2.29. The van der Waals surface area contributed by atoms with Crippen LogP contribution in [0.4, 0.5) is 5.82 Å². The first-order valence-corrected chi connectivity index (χ1v) is 6.33. The van der Waals surface area contributed by atoms with Crippen LogP contribution in [0.2, 0.25) is 10.0 Å². The third kappa shape index (κ3) is 2.74. The molecular formula is C13H13Cl2N3. The number of rotatable bonds is 2. The van der Waals surface area contributed by atoms with E-state index in [1.807, 2.05) is 13.8 Å². The van der Waals surface area contributed by atoms with Crippen molar-refractivity contribution >= 4 is 29.0 Å². The Morgan fingerprint density at radius 1 is 1.11 bits per heavy atom. The van der Waals surface area contributed by atoms with Crippen molar-refractivity contribution in [1.82, 2.24) is 9.97 Å². The van der Waals surface area contributed by atoms with Gasteiger partial charge in [-0.1, -0.05) is 37.0 Å². The average Bonchev–Trinajstić information content (AvgIpc) is 2.31. The molecule has 2 rings (SSSR count). The van der Waals surface area contributed by atoms with Crippen LogP contribution >= 0.6 is 23.2 Å². The maximum atomic E-state index is 6.14. The molecule has 0 radical (unpaired) electrons. The number of hydrogen-bond donors (Lipinski definition) is 1. The lowest BCUT2D eigenvalue weighted by Gasteiger charge is -2.09. The van der Waals surface area contributed by atoms with Crippen molar-refractivity contribution in [2.24, 2.45) is 0 Å². The second-order valence-corrected chi connectivity index (χ2v) is 5.16. The number of halogens is 2. The molecule has 5 heteroatoms. The van der Waals surface area contributed by atoms with E-state index >= 15 is 0 Å². The zero-order valence-corrected chi connectivity index (χ0v) is 11.6. The number of hydrogen-bond acceptors (Lipinski definition) is 3. The summed E-state index contributed by atoms with van der Waals surface area (Å²) in [7, 11) is 0. The fourth-order valence-corrected chi connectivity index (χ4v) is 1.94. The van der Waals surface area contributed by atoms with Gasteiger partial charge < -0.3 is 5.73 Å². The third-order valence-electron chi connectivity index (χ3n) is 2.53. The molecule has 1 heterocycles. The Morgan fingerprint density at radius 2 is 1.83 bits per heavy atom. The van der Waals surface area contributed by atoms with E-state index in [4.69, 9.17) is 28.9 Å². The molecule has 0 unspecified atom stereocenters. The molecule has 2 aromatic rings. The van der Waals surface area contributed by atoms with Gasteiger partial charge in [-0.2, -0.15) is 0 Å². The summed E-state index contributed by atoms with van der Waals surface area (Å²) in [5.41, 5.74) is 7.37. The third-order valence-corrected chi connectivity index (χ3v) is 3.09. The molecule has 3 nitrogen and oxygen atoms in total. The number of anilines is 1. The first-order chi connectivity index (χ1) is 8.47. The van der Waals surface area contributed by atoms with Gasteiger partial charge in [0.05, 0.1) is 5.02 Å². The summed E-state index contributed by atoms with van der Waals surface area (Å²) < 4.78 is 0. The Kier molecular flexibility index (Phi) is 3.73. The smallest absolute Gasteiger partial charge is 0.163 e. The normalized spacial score (nSPS) is 10.9. The standard InChI is InChI=1S/C13H13Cl2N3/c1-7(2)11-6-12(16)18-13(17-11)9-5-8(14)3-4-10(9)15/h3-7H,1-2H3,(H2,16,17,18). The second-order valence-electron chi connectivity index (χ2n) is 4.32. The molecule has 0 saturated heterocycles. The van der Waals surface area contributed by atoms with Crippen LogP contribution in [0.25, 0.3) is 11.4 Å². The SMILES string of the molecule is CC(C)c1cc(N)nc(-c2cc(Cl)ccc2Cl)n1. The monoisotopic (exact) mass is 281 g/mol. The quantitative estimate of drug-likeness (QED) is 0.899. The molecule has 0 bridgehead atoms. The molecule has 0 fully saturated rings. The molecule has 0 aliphatic rings. The lowest BCUT2D eigenvalue weighted by atomic mass is 10.1. The fraction of sp³-hybridized carbons (Fsp3) is 0.231. The van der Waals surface area contributed by atoms with Gasteiger partial charge in [-0.25, -0.2) is 9.97 Å². The summed E-state index contributed by atoms with van der Waals surface area (Å²) in [5.74, 6) is 1.21. The van der Waals surface area contributed by atoms with Crippen LogP contribution in [-0.4, -0.2) is 9.97 Å².